The lowest BCUT2D eigenvalue weighted by atomic mass is 9.95. The van der Waals surface area contributed by atoms with E-state index < -0.39 is 17.0 Å². The molecule has 200 valence electrons. The number of benzene rings is 2. The Bertz CT molecular complexity index is 1740. The minimum absolute atomic E-state index is 0.00643. The minimum atomic E-state index is -1.44. The molecule has 0 bridgehead atoms. The standard InChI is InChI=1S/C27H23ClF2N6O3/c1-36-25(23-16(9-31)20(39-14-2-3-14)8-18(28)24(23)29)17(11-33-36)13-6-15-19(10-32)34-35-26(37)22(15)21(7-13)38-12-27(30)4-5-27/h6-8,11,14H,2-5,10,12,32H2,1H3,(H,35,37). The summed E-state index contributed by atoms with van der Waals surface area (Å²) in [7, 11) is 1.61. The molecule has 2 fully saturated rings. The first-order chi connectivity index (χ1) is 18.7. The van der Waals surface area contributed by atoms with Gasteiger partial charge in [-0.05, 0) is 43.4 Å². The quantitative estimate of drug-likeness (QED) is 0.328. The molecule has 2 aliphatic carbocycles. The highest BCUT2D eigenvalue weighted by molar-refractivity contribution is 6.31. The molecule has 0 unspecified atom stereocenters. The van der Waals surface area contributed by atoms with E-state index in [9.17, 15) is 14.4 Å². The lowest BCUT2D eigenvalue weighted by Crippen LogP contribution is -2.17. The van der Waals surface area contributed by atoms with E-state index in [0.717, 1.165) is 12.8 Å². The molecule has 0 saturated heterocycles. The Morgan fingerprint density at radius 3 is 2.74 bits per heavy atom. The van der Waals surface area contributed by atoms with Crippen LogP contribution in [0.15, 0.2) is 29.2 Å². The van der Waals surface area contributed by atoms with Crippen LogP contribution in [-0.2, 0) is 13.6 Å². The number of aromatic nitrogens is 4. The number of hydrogen-bond acceptors (Lipinski definition) is 7. The molecular weight excluding hydrogens is 530 g/mol. The van der Waals surface area contributed by atoms with Crippen molar-refractivity contribution in [1.82, 2.24) is 20.0 Å². The monoisotopic (exact) mass is 552 g/mol. The van der Waals surface area contributed by atoms with Gasteiger partial charge >= 0.3 is 0 Å². The molecule has 3 N–H and O–H groups in total. The summed E-state index contributed by atoms with van der Waals surface area (Å²) in [4.78, 5) is 12.8. The number of rotatable bonds is 8. The SMILES string of the molecule is Cn1ncc(-c2cc(OCC3(F)CC3)c3c(=O)[nH]nc(CN)c3c2)c1-c1c(F)c(Cl)cc(OC2CC2)c1C#N. The van der Waals surface area contributed by atoms with Crippen molar-refractivity contribution in [3.05, 3.63) is 56.8 Å². The summed E-state index contributed by atoms with van der Waals surface area (Å²) in [5.74, 6) is -0.480. The van der Waals surface area contributed by atoms with Crippen LogP contribution < -0.4 is 20.8 Å². The van der Waals surface area contributed by atoms with Crippen LogP contribution in [0.3, 0.4) is 0 Å². The van der Waals surface area contributed by atoms with Crippen molar-refractivity contribution in [1.29, 1.82) is 5.26 Å². The van der Waals surface area contributed by atoms with Gasteiger partial charge in [0.2, 0.25) is 0 Å². The molecule has 2 saturated carbocycles. The van der Waals surface area contributed by atoms with Crippen molar-refractivity contribution >= 4 is 22.4 Å². The summed E-state index contributed by atoms with van der Waals surface area (Å²) in [6.07, 6.45) is 3.87. The molecule has 0 aliphatic heterocycles. The molecule has 0 spiro atoms. The Morgan fingerprint density at radius 2 is 2.08 bits per heavy atom. The maximum Gasteiger partial charge on any atom is 0.275 e. The zero-order valence-electron chi connectivity index (χ0n) is 20.9. The Balaban J connectivity index is 1.58. The first kappa shape index (κ1) is 25.3. The number of nitrogens with two attached hydrogens (primary N) is 1. The maximum atomic E-state index is 15.7. The fraction of sp³-hybridized carbons (Fsp3) is 0.333. The van der Waals surface area contributed by atoms with Crippen molar-refractivity contribution in [2.75, 3.05) is 6.61 Å². The van der Waals surface area contributed by atoms with Gasteiger partial charge in [0.25, 0.3) is 5.56 Å². The molecule has 2 heterocycles. The van der Waals surface area contributed by atoms with Gasteiger partial charge in [-0.2, -0.15) is 15.5 Å². The predicted octanol–water partition coefficient (Wildman–Crippen LogP) is 4.54. The third-order valence-corrected chi connectivity index (χ3v) is 7.28. The second-order valence-corrected chi connectivity index (χ2v) is 10.3. The molecule has 2 aromatic carbocycles. The fourth-order valence-electron chi connectivity index (χ4n) is 4.56. The Kier molecular flexibility index (Phi) is 6.04. The number of aryl methyl sites for hydroxylation is 1. The molecule has 2 aromatic heterocycles. The number of nitrogens with one attached hydrogen (secondary N) is 1. The first-order valence-electron chi connectivity index (χ1n) is 12.4. The van der Waals surface area contributed by atoms with Gasteiger partial charge < -0.3 is 15.2 Å². The number of nitrogens with zero attached hydrogens (tertiary/aromatic N) is 4. The normalized spacial score (nSPS) is 15.8. The third kappa shape index (κ3) is 4.49. The van der Waals surface area contributed by atoms with Gasteiger partial charge in [0.05, 0.1) is 39.7 Å². The lowest BCUT2D eigenvalue weighted by Gasteiger charge is -2.17. The van der Waals surface area contributed by atoms with E-state index in [-0.39, 0.29) is 58.0 Å². The second kappa shape index (κ2) is 9.32. The molecule has 12 heteroatoms. The van der Waals surface area contributed by atoms with E-state index in [1.54, 1.807) is 19.2 Å². The number of ether oxygens (including phenoxy) is 2. The smallest absolute Gasteiger partial charge is 0.275 e. The van der Waals surface area contributed by atoms with Crippen LogP contribution in [0.25, 0.3) is 33.2 Å². The average Bonchev–Trinajstić information content (AvgIpc) is 3.85. The summed E-state index contributed by atoms with van der Waals surface area (Å²) in [6, 6.07) is 6.62. The second-order valence-electron chi connectivity index (χ2n) is 9.92. The van der Waals surface area contributed by atoms with Gasteiger partial charge in [0.15, 0.2) is 5.82 Å². The number of hydrogen-bond donors (Lipinski definition) is 2. The van der Waals surface area contributed by atoms with Crippen molar-refractivity contribution in [3.8, 4) is 40.0 Å². The molecule has 6 rings (SSSR count). The van der Waals surface area contributed by atoms with Gasteiger partial charge in [0, 0.05) is 30.6 Å². The molecule has 0 amide bonds. The van der Waals surface area contributed by atoms with Crippen LogP contribution in [0.4, 0.5) is 8.78 Å². The van der Waals surface area contributed by atoms with E-state index in [2.05, 4.69) is 21.4 Å². The molecular formula is C27H23ClF2N6O3. The summed E-state index contributed by atoms with van der Waals surface area (Å²) in [6.45, 7) is -0.221. The topological polar surface area (TPSA) is 132 Å². The molecule has 0 radical (unpaired) electrons. The summed E-state index contributed by atoms with van der Waals surface area (Å²) in [5, 5.41) is 21.2. The highest BCUT2D eigenvalue weighted by atomic mass is 35.5. The average molecular weight is 553 g/mol. The van der Waals surface area contributed by atoms with E-state index in [1.807, 2.05) is 0 Å². The van der Waals surface area contributed by atoms with E-state index in [0.29, 0.717) is 35.0 Å². The fourth-order valence-corrected chi connectivity index (χ4v) is 4.76. The van der Waals surface area contributed by atoms with Crippen LogP contribution in [0.2, 0.25) is 5.02 Å². The number of halogens is 3. The largest absolute Gasteiger partial charge is 0.489 e. The predicted molar refractivity (Wildman–Crippen MR) is 140 cm³/mol. The Labute approximate surface area is 226 Å². The van der Waals surface area contributed by atoms with Gasteiger partial charge in [0.1, 0.15) is 35.4 Å². The minimum Gasteiger partial charge on any atom is -0.489 e. The maximum absolute atomic E-state index is 15.7. The molecule has 39 heavy (non-hydrogen) atoms. The van der Waals surface area contributed by atoms with E-state index in [1.165, 1.54) is 16.9 Å². The van der Waals surface area contributed by atoms with Gasteiger partial charge in [-0.3, -0.25) is 9.48 Å². The highest BCUT2D eigenvalue weighted by Crippen LogP contribution is 2.45. The van der Waals surface area contributed by atoms with Crippen LogP contribution in [0.5, 0.6) is 11.5 Å². The van der Waals surface area contributed by atoms with E-state index in [4.69, 9.17) is 26.8 Å². The van der Waals surface area contributed by atoms with Crippen LogP contribution in [0, 0.1) is 17.1 Å². The zero-order valence-corrected chi connectivity index (χ0v) is 21.6. The van der Waals surface area contributed by atoms with Crippen molar-refractivity contribution in [2.24, 2.45) is 12.8 Å². The summed E-state index contributed by atoms with van der Waals surface area (Å²) < 4.78 is 43.3. The Hall–Kier alpha value is -4.01. The van der Waals surface area contributed by atoms with Gasteiger partial charge in [-0.1, -0.05) is 11.6 Å². The first-order valence-corrected chi connectivity index (χ1v) is 12.8. The van der Waals surface area contributed by atoms with Crippen molar-refractivity contribution < 1.29 is 18.3 Å². The van der Waals surface area contributed by atoms with E-state index >= 15 is 4.39 Å². The molecule has 4 aromatic rings. The van der Waals surface area contributed by atoms with Crippen LogP contribution in [-0.4, -0.2) is 38.4 Å². The number of aromatic amines is 1. The Morgan fingerprint density at radius 1 is 1.31 bits per heavy atom. The molecule has 9 nitrogen and oxygen atoms in total. The summed E-state index contributed by atoms with van der Waals surface area (Å²) in [5.41, 5.74) is 5.39. The third-order valence-electron chi connectivity index (χ3n) is 7.00. The molecule has 0 atom stereocenters. The number of alkyl halides is 1. The van der Waals surface area contributed by atoms with Crippen molar-refractivity contribution in [3.63, 3.8) is 0 Å². The van der Waals surface area contributed by atoms with Crippen LogP contribution >= 0.6 is 11.6 Å². The van der Waals surface area contributed by atoms with Gasteiger partial charge in [-0.25, -0.2) is 13.9 Å². The van der Waals surface area contributed by atoms with Gasteiger partial charge in [-0.15, -0.1) is 0 Å². The number of fused-ring (bicyclic) bond motifs is 1. The summed E-state index contributed by atoms with van der Waals surface area (Å²) >= 11 is 6.26. The molecule has 2 aliphatic rings. The van der Waals surface area contributed by atoms with Crippen molar-refractivity contribution in [2.45, 2.75) is 44.0 Å². The van der Waals surface area contributed by atoms with Crippen LogP contribution in [0.1, 0.15) is 36.9 Å². The lowest BCUT2D eigenvalue weighted by molar-refractivity contribution is 0.179. The highest BCUT2D eigenvalue weighted by Gasteiger charge is 2.44. The zero-order chi connectivity index (χ0) is 27.5. The number of nitriles is 1. The number of H-pyrrole nitrogens is 1.